The van der Waals surface area contributed by atoms with Gasteiger partial charge in [0.15, 0.2) is 22.9 Å². The van der Waals surface area contributed by atoms with Gasteiger partial charge in [-0.05, 0) is 216 Å². The van der Waals surface area contributed by atoms with Crippen molar-refractivity contribution in [2.45, 2.75) is 121 Å². The molecule has 0 spiro atoms. The lowest BCUT2D eigenvalue weighted by Crippen LogP contribution is -2.47. The molecule has 8 bridgehead atoms. The van der Waals surface area contributed by atoms with Crippen LogP contribution >= 0.6 is 0 Å². The number of fused-ring (bicyclic) bond motifs is 10. The Labute approximate surface area is 713 Å². The van der Waals surface area contributed by atoms with Crippen LogP contribution in [-0.4, -0.2) is 193 Å². The molecule has 4 saturated carbocycles. The van der Waals surface area contributed by atoms with E-state index in [1.165, 1.54) is 18.5 Å². The van der Waals surface area contributed by atoms with Gasteiger partial charge in [-0.3, -0.25) is 19.2 Å². The van der Waals surface area contributed by atoms with Crippen LogP contribution in [-0.2, 0) is 0 Å². The standard InChI is InChI=1S/C25H20FN5O2.C25H22N6O2.2C23H22N4O2/c26-18-6-1-5-17(22(18)24-28-10-3-11-29-24)25(32)31-14-15-12-19(31)20(13-15)33-21-8-7-16-4-2-9-27-23(16)30-21;1-15-5-7-18(24-27-10-3-11-28-24)22(29-15)25(32)31-14-16-12-19(31)20(13-16)33-21-8-6-17-4-2-9-26-23(17)30-21;1-15-8-9-22(24-13-15)29-21-12-16-11-20(21)27(14-16)23(28)18-6-3-2-5-17(18)19-7-4-10-25-26-19;1-15-6-7-22(24-12-15)29-21-11-16-10-20(21)27(14-16)23(28)19-5-3-2-4-18(19)17-8-9-25-26-13-17/h1-11,15,19-20H,12-14H2;2-11,16,19-20H,12-14H2,1H3;2-10,13,16,20-21H,11-12,14H2,1H3;2-9,12-13,16,20-21H,10-11,14H2,1H3. The summed E-state index contributed by atoms with van der Waals surface area (Å²) in [7, 11) is 0. The lowest BCUT2D eigenvalue weighted by Gasteiger charge is -2.33. The van der Waals surface area contributed by atoms with Gasteiger partial charge in [0.1, 0.15) is 35.9 Å². The summed E-state index contributed by atoms with van der Waals surface area (Å²) in [6, 6.07) is 55.7. The number of hydrogen-bond donors (Lipinski definition) is 0. The predicted molar refractivity (Wildman–Crippen MR) is 457 cm³/mol. The summed E-state index contributed by atoms with van der Waals surface area (Å²) < 4.78 is 39.6. The van der Waals surface area contributed by atoms with Crippen molar-refractivity contribution in [3.63, 3.8) is 0 Å². The quantitative estimate of drug-likeness (QED) is 0.0867. The van der Waals surface area contributed by atoms with Crippen LogP contribution in [0.3, 0.4) is 0 Å². The van der Waals surface area contributed by atoms with E-state index in [1.54, 1.807) is 72.5 Å². The number of amides is 4. The van der Waals surface area contributed by atoms with Gasteiger partial charge in [0, 0.05) is 145 Å². The largest absolute Gasteiger partial charge is 0.472 e. The van der Waals surface area contributed by atoms with Crippen molar-refractivity contribution in [1.29, 1.82) is 0 Å². The zero-order valence-corrected chi connectivity index (χ0v) is 68.2. The Balaban J connectivity index is 0.000000109. The van der Waals surface area contributed by atoms with Gasteiger partial charge in [-0.2, -0.15) is 30.4 Å². The Morgan fingerprint density at radius 1 is 0.347 bits per heavy atom. The highest BCUT2D eigenvalue weighted by Gasteiger charge is 2.53. The van der Waals surface area contributed by atoms with E-state index in [-0.39, 0.29) is 89.2 Å². The number of piperidine rings is 4. The van der Waals surface area contributed by atoms with Crippen LogP contribution in [0, 0.1) is 50.3 Å². The topological polar surface area (TPSA) is 312 Å². The number of carbonyl (C=O) groups is 4. The van der Waals surface area contributed by atoms with Gasteiger partial charge in [0.05, 0.1) is 58.9 Å². The van der Waals surface area contributed by atoms with Crippen molar-refractivity contribution in [1.82, 2.24) is 94.8 Å². The van der Waals surface area contributed by atoms with Crippen molar-refractivity contribution >= 4 is 45.7 Å². The van der Waals surface area contributed by atoms with Gasteiger partial charge in [0.2, 0.25) is 23.5 Å². The van der Waals surface area contributed by atoms with Crippen LogP contribution in [0.2, 0.25) is 0 Å². The number of nitrogens with zero attached hydrogens (tertiary/aromatic N) is 19. The second kappa shape index (κ2) is 35.0. The summed E-state index contributed by atoms with van der Waals surface area (Å²) >= 11 is 0. The number of ether oxygens (including phenoxy) is 4. The molecular formula is C96H86FN19O8. The van der Waals surface area contributed by atoms with Crippen molar-refractivity contribution in [3.05, 3.63) is 295 Å². The van der Waals surface area contributed by atoms with Gasteiger partial charge in [-0.25, -0.2) is 49.2 Å². The number of hydrogen-bond acceptors (Lipinski definition) is 23. The van der Waals surface area contributed by atoms with Crippen molar-refractivity contribution in [2.24, 2.45) is 23.7 Å². The Morgan fingerprint density at radius 2 is 0.806 bits per heavy atom. The van der Waals surface area contributed by atoms with Crippen molar-refractivity contribution in [2.75, 3.05) is 26.2 Å². The van der Waals surface area contributed by atoms with E-state index in [9.17, 15) is 23.6 Å². The van der Waals surface area contributed by atoms with Gasteiger partial charge >= 0.3 is 0 Å². The van der Waals surface area contributed by atoms with Crippen LogP contribution in [0.5, 0.6) is 23.5 Å². The molecule has 22 rings (SSSR count). The van der Waals surface area contributed by atoms with Gasteiger partial charge < -0.3 is 38.5 Å². The number of pyridine rings is 7. The average Bonchev–Trinajstić information content (AvgIpc) is 1.62. The summed E-state index contributed by atoms with van der Waals surface area (Å²) in [5, 5.41) is 17.9. The molecule has 14 aromatic rings. The third-order valence-corrected chi connectivity index (χ3v) is 24.6. The molecule has 4 saturated heterocycles. The lowest BCUT2D eigenvalue weighted by atomic mass is 9.99. The number of aromatic nitrogens is 15. The average molecular weight is 1650 g/mol. The fourth-order valence-corrected chi connectivity index (χ4v) is 19.0. The third-order valence-electron chi connectivity index (χ3n) is 24.6. The molecule has 620 valence electrons. The second-order valence-electron chi connectivity index (χ2n) is 32.8. The lowest BCUT2D eigenvalue weighted by molar-refractivity contribution is 0.0461. The molecule has 11 aromatic heterocycles. The van der Waals surface area contributed by atoms with Crippen LogP contribution in [0.15, 0.2) is 250 Å². The monoisotopic (exact) mass is 1650 g/mol. The molecule has 0 N–H and O–H groups in total. The molecule has 0 radical (unpaired) electrons. The minimum atomic E-state index is -0.517. The molecule has 8 fully saturated rings. The first-order valence-electron chi connectivity index (χ1n) is 41.9. The molecule has 8 aliphatic rings. The Bertz CT molecular complexity index is 5950. The number of benzene rings is 3. The van der Waals surface area contributed by atoms with Crippen molar-refractivity contribution in [3.8, 4) is 68.7 Å². The SMILES string of the molecule is Cc1ccc(-c2ncccn2)c(C(=O)N2CC3CC(Oc4ccc5cccnc5n4)C2C3)n1.Cc1ccc(OC2CC3CC2N(C(=O)c2ccccc2-c2cccnn2)C3)nc1.Cc1ccc(OC2CC3CC2N(C(=O)c2ccccc2-c2ccnnc2)C3)nc1.O=C(c1cccc(F)c1-c1ncccn1)N1CC2CC(Oc3ccc4cccnc4n3)C1C2. The fourth-order valence-electron chi connectivity index (χ4n) is 19.0. The third kappa shape index (κ3) is 16.7. The first-order valence-corrected chi connectivity index (χ1v) is 41.9. The zero-order valence-electron chi connectivity index (χ0n) is 68.2. The molecule has 28 heteroatoms. The zero-order chi connectivity index (χ0) is 84.3. The molecule has 4 aliphatic heterocycles. The maximum Gasteiger partial charge on any atom is 0.273 e. The number of likely N-dealkylation sites (tertiary alicyclic amines) is 4. The van der Waals surface area contributed by atoms with Gasteiger partial charge in [-0.1, -0.05) is 54.6 Å². The minimum absolute atomic E-state index is 0.0114. The second-order valence-corrected chi connectivity index (χ2v) is 32.8. The molecule has 4 amide bonds. The van der Waals surface area contributed by atoms with Gasteiger partial charge in [-0.15, -0.1) is 0 Å². The van der Waals surface area contributed by atoms with E-state index in [1.807, 2.05) is 200 Å². The highest BCUT2D eigenvalue weighted by molar-refractivity contribution is 6.03. The maximum atomic E-state index is 14.8. The summed E-state index contributed by atoms with van der Waals surface area (Å²) in [6.45, 7) is 8.79. The van der Waals surface area contributed by atoms with Crippen LogP contribution < -0.4 is 18.9 Å². The van der Waals surface area contributed by atoms with Crippen LogP contribution in [0.25, 0.3) is 67.2 Å². The highest BCUT2D eigenvalue weighted by atomic mass is 19.1. The summed E-state index contributed by atoms with van der Waals surface area (Å²) in [5.74, 6) is 3.92. The maximum absolute atomic E-state index is 14.8. The van der Waals surface area contributed by atoms with E-state index in [4.69, 9.17) is 18.9 Å². The van der Waals surface area contributed by atoms with E-state index in [2.05, 4.69) is 75.2 Å². The Hall–Kier alpha value is -14.4. The first kappa shape index (κ1) is 79.4. The molecule has 4 aliphatic carbocycles. The Kier molecular flexibility index (Phi) is 22.4. The van der Waals surface area contributed by atoms with Crippen LogP contribution in [0.1, 0.15) is 110 Å². The van der Waals surface area contributed by atoms with Crippen LogP contribution in [0.4, 0.5) is 4.39 Å². The minimum Gasteiger partial charge on any atom is -0.472 e. The molecule has 3 aromatic carbocycles. The first-order chi connectivity index (χ1) is 60.7. The van der Waals surface area contributed by atoms with E-state index < -0.39 is 5.82 Å². The molecular weight excluding hydrogens is 1570 g/mol. The number of halogens is 1. The van der Waals surface area contributed by atoms with E-state index in [0.29, 0.717) is 105 Å². The van der Waals surface area contributed by atoms with Crippen molar-refractivity contribution < 1.29 is 42.5 Å². The van der Waals surface area contributed by atoms with E-state index in [0.717, 1.165) is 109 Å². The smallest absolute Gasteiger partial charge is 0.273 e. The summed E-state index contributed by atoms with van der Waals surface area (Å²) in [4.78, 5) is 110. The summed E-state index contributed by atoms with van der Waals surface area (Å²) in [6.07, 6.45) is 25.6. The normalized spacial score (nSPS) is 22.0. The molecule has 124 heavy (non-hydrogen) atoms. The van der Waals surface area contributed by atoms with E-state index >= 15 is 0 Å². The highest BCUT2D eigenvalue weighted by Crippen LogP contribution is 2.46. The molecule has 12 unspecified atom stereocenters. The number of rotatable bonds is 16. The number of aryl methyl sites for hydroxylation is 3. The Morgan fingerprint density at radius 3 is 1.30 bits per heavy atom. The molecule has 12 atom stereocenters. The molecule has 27 nitrogen and oxygen atoms in total. The number of carbonyl (C=O) groups excluding carboxylic acids is 4. The predicted octanol–water partition coefficient (Wildman–Crippen LogP) is 14.4. The molecule has 15 heterocycles. The van der Waals surface area contributed by atoms with Gasteiger partial charge in [0.25, 0.3) is 23.6 Å². The fraction of sp³-hybridized carbons (Fsp3) is 0.281. The summed E-state index contributed by atoms with van der Waals surface area (Å²) in [5.41, 5.74) is 10.3.